The van der Waals surface area contributed by atoms with E-state index in [1.54, 1.807) is 17.3 Å². The van der Waals surface area contributed by atoms with Crippen LogP contribution >= 0.6 is 0 Å². The first-order chi connectivity index (χ1) is 12.6. The fraction of sp³-hybridized carbons (Fsp3) is 0.429. The summed E-state index contributed by atoms with van der Waals surface area (Å²) in [4.78, 5) is 21.0. The predicted octanol–water partition coefficient (Wildman–Crippen LogP) is 4.69. The normalized spacial score (nSPS) is 15.5. The summed E-state index contributed by atoms with van der Waals surface area (Å²) in [5.74, 6) is 0. The Hall–Kier alpha value is -2.56. The average molecular weight is 352 g/mol. The third-order valence-electron chi connectivity index (χ3n) is 5.47. The van der Waals surface area contributed by atoms with Gasteiger partial charge >= 0.3 is 6.03 Å². The van der Waals surface area contributed by atoms with E-state index in [0.717, 1.165) is 16.9 Å². The Kier molecular flexibility index (Phi) is 5.76. The number of pyridine rings is 1. The summed E-state index contributed by atoms with van der Waals surface area (Å²) in [5, 5.41) is 3.09. The van der Waals surface area contributed by atoms with E-state index in [2.05, 4.69) is 28.3 Å². The molecule has 0 bridgehead atoms. The van der Waals surface area contributed by atoms with E-state index in [9.17, 15) is 4.79 Å². The molecular formula is C21H28N4O. The van der Waals surface area contributed by atoms with Crippen LogP contribution in [-0.2, 0) is 0 Å². The molecule has 0 unspecified atom stereocenters. The van der Waals surface area contributed by atoms with Crippen molar-refractivity contribution in [1.29, 1.82) is 0 Å². The fourth-order valence-electron chi connectivity index (χ4n) is 3.60. The molecule has 5 heteroatoms. The second-order valence-corrected chi connectivity index (χ2v) is 7.07. The van der Waals surface area contributed by atoms with Crippen LogP contribution in [0, 0.1) is 0 Å². The highest BCUT2D eigenvalue weighted by molar-refractivity contribution is 5.93. The Morgan fingerprint density at radius 3 is 2.58 bits per heavy atom. The molecule has 1 aliphatic carbocycles. The first kappa shape index (κ1) is 18.2. The summed E-state index contributed by atoms with van der Waals surface area (Å²) in [7, 11) is 3.94. The van der Waals surface area contributed by atoms with Crippen molar-refractivity contribution in [2.75, 3.05) is 24.3 Å². The van der Waals surface area contributed by atoms with E-state index in [4.69, 9.17) is 0 Å². The lowest BCUT2D eigenvalue weighted by Crippen LogP contribution is -2.35. The maximum absolute atomic E-state index is 12.8. The van der Waals surface area contributed by atoms with Crippen LogP contribution in [0.1, 0.15) is 44.2 Å². The second kappa shape index (κ2) is 8.21. The Balaban J connectivity index is 1.73. The van der Waals surface area contributed by atoms with Crippen molar-refractivity contribution in [1.82, 2.24) is 9.88 Å². The van der Waals surface area contributed by atoms with Gasteiger partial charge in [-0.1, -0.05) is 31.0 Å². The molecule has 3 rings (SSSR count). The molecule has 1 aromatic carbocycles. The molecule has 0 radical (unpaired) electrons. The number of amides is 2. The molecule has 138 valence electrons. The zero-order valence-corrected chi connectivity index (χ0v) is 15.9. The zero-order chi connectivity index (χ0) is 18.5. The predicted molar refractivity (Wildman–Crippen MR) is 107 cm³/mol. The van der Waals surface area contributed by atoms with Gasteiger partial charge in [0.05, 0.1) is 17.4 Å². The van der Waals surface area contributed by atoms with Crippen LogP contribution < -0.4 is 10.2 Å². The Bertz CT molecular complexity index is 728. The first-order valence-electron chi connectivity index (χ1n) is 9.33. The number of hydrogen-bond donors (Lipinski definition) is 1. The maximum Gasteiger partial charge on any atom is 0.322 e. The molecule has 1 aliphatic rings. The van der Waals surface area contributed by atoms with Crippen molar-refractivity contribution >= 4 is 17.4 Å². The molecule has 2 aromatic rings. The van der Waals surface area contributed by atoms with Gasteiger partial charge in [0.2, 0.25) is 0 Å². The minimum atomic E-state index is -0.117. The minimum absolute atomic E-state index is 0.0524. The average Bonchev–Trinajstić information content (AvgIpc) is 3.22. The number of carbonyl (C=O) groups excluding carboxylic acids is 1. The van der Waals surface area contributed by atoms with Gasteiger partial charge in [-0.05, 0) is 43.5 Å². The van der Waals surface area contributed by atoms with Gasteiger partial charge in [0.1, 0.15) is 0 Å². The lowest BCUT2D eigenvalue weighted by atomic mass is 10.1. The van der Waals surface area contributed by atoms with Crippen LogP contribution in [-0.4, -0.2) is 36.1 Å². The van der Waals surface area contributed by atoms with Gasteiger partial charge in [-0.2, -0.15) is 0 Å². The summed E-state index contributed by atoms with van der Waals surface area (Å²) >= 11 is 0. The number of urea groups is 1. The number of para-hydroxylation sites is 2. The molecule has 0 saturated heterocycles. The van der Waals surface area contributed by atoms with E-state index in [1.807, 2.05) is 44.3 Å². The lowest BCUT2D eigenvalue weighted by molar-refractivity contribution is 0.208. The van der Waals surface area contributed by atoms with Crippen molar-refractivity contribution in [3.63, 3.8) is 0 Å². The van der Waals surface area contributed by atoms with Crippen molar-refractivity contribution in [2.24, 2.45) is 0 Å². The molecule has 1 saturated carbocycles. The topological polar surface area (TPSA) is 48.5 Å². The van der Waals surface area contributed by atoms with Gasteiger partial charge in [-0.15, -0.1) is 0 Å². The number of rotatable bonds is 5. The summed E-state index contributed by atoms with van der Waals surface area (Å²) in [6, 6.07) is 12.3. The smallest absolute Gasteiger partial charge is 0.322 e. The van der Waals surface area contributed by atoms with Crippen LogP contribution in [0.25, 0.3) is 0 Å². The summed E-state index contributed by atoms with van der Waals surface area (Å²) in [6.07, 6.45) is 8.55. The molecule has 1 aromatic heterocycles. The van der Waals surface area contributed by atoms with E-state index in [0.29, 0.717) is 6.04 Å². The molecule has 26 heavy (non-hydrogen) atoms. The fourth-order valence-corrected chi connectivity index (χ4v) is 3.60. The van der Waals surface area contributed by atoms with E-state index in [-0.39, 0.29) is 12.1 Å². The summed E-state index contributed by atoms with van der Waals surface area (Å²) in [5.41, 5.74) is 2.95. The first-order valence-corrected chi connectivity index (χ1v) is 9.33. The highest BCUT2D eigenvalue weighted by atomic mass is 16.2. The SMILES string of the molecule is C[C@@H](c1cccnc1)N(C)C(=O)Nc1ccccc1N(C)C1CCCC1. The Morgan fingerprint density at radius 2 is 1.88 bits per heavy atom. The molecule has 0 aliphatic heterocycles. The van der Waals surface area contributed by atoms with Crippen LogP contribution in [0.4, 0.5) is 16.2 Å². The van der Waals surface area contributed by atoms with Crippen LogP contribution in [0.3, 0.4) is 0 Å². The molecule has 5 nitrogen and oxygen atoms in total. The third-order valence-corrected chi connectivity index (χ3v) is 5.47. The number of aromatic nitrogens is 1. The highest BCUT2D eigenvalue weighted by Crippen LogP contribution is 2.32. The van der Waals surface area contributed by atoms with Gasteiger partial charge in [-0.3, -0.25) is 4.98 Å². The van der Waals surface area contributed by atoms with Crippen LogP contribution in [0.5, 0.6) is 0 Å². The summed E-state index contributed by atoms with van der Waals surface area (Å²) in [6.45, 7) is 2.01. The zero-order valence-electron chi connectivity index (χ0n) is 15.9. The number of carbonyl (C=O) groups is 1. The van der Waals surface area contributed by atoms with Gasteiger partial charge in [0, 0.05) is 32.5 Å². The van der Waals surface area contributed by atoms with E-state index in [1.165, 1.54) is 25.7 Å². The Morgan fingerprint density at radius 1 is 1.15 bits per heavy atom. The molecule has 0 spiro atoms. The molecule has 1 N–H and O–H groups in total. The third kappa shape index (κ3) is 3.98. The van der Waals surface area contributed by atoms with Gasteiger partial charge in [0.15, 0.2) is 0 Å². The van der Waals surface area contributed by atoms with Gasteiger partial charge in [-0.25, -0.2) is 4.79 Å². The molecule has 1 heterocycles. The number of benzene rings is 1. The minimum Gasteiger partial charge on any atom is -0.370 e. The lowest BCUT2D eigenvalue weighted by Gasteiger charge is -2.30. The van der Waals surface area contributed by atoms with Crippen molar-refractivity contribution in [3.05, 3.63) is 54.4 Å². The molecular weight excluding hydrogens is 324 g/mol. The number of hydrogen-bond acceptors (Lipinski definition) is 3. The number of nitrogens with zero attached hydrogens (tertiary/aromatic N) is 3. The quantitative estimate of drug-likeness (QED) is 0.849. The molecule has 1 atom stereocenters. The van der Waals surface area contributed by atoms with Gasteiger partial charge < -0.3 is 15.1 Å². The van der Waals surface area contributed by atoms with E-state index < -0.39 is 0 Å². The van der Waals surface area contributed by atoms with E-state index >= 15 is 0 Å². The number of anilines is 2. The van der Waals surface area contributed by atoms with Crippen LogP contribution in [0.15, 0.2) is 48.8 Å². The maximum atomic E-state index is 12.8. The molecule has 2 amide bonds. The molecule has 1 fully saturated rings. The largest absolute Gasteiger partial charge is 0.370 e. The summed E-state index contributed by atoms with van der Waals surface area (Å²) < 4.78 is 0. The van der Waals surface area contributed by atoms with Gasteiger partial charge in [0.25, 0.3) is 0 Å². The van der Waals surface area contributed by atoms with Crippen molar-refractivity contribution < 1.29 is 4.79 Å². The van der Waals surface area contributed by atoms with Crippen LogP contribution in [0.2, 0.25) is 0 Å². The van der Waals surface area contributed by atoms with Crippen molar-refractivity contribution in [3.8, 4) is 0 Å². The standard InChI is InChI=1S/C21H28N4O/c1-16(17-9-8-14-22-15-17)24(2)21(26)23-19-12-6-7-13-20(19)25(3)18-10-4-5-11-18/h6-9,12-16,18H,4-5,10-11H2,1-3H3,(H,23,26)/t16-/m0/s1. The van der Waals surface area contributed by atoms with Crippen molar-refractivity contribution in [2.45, 2.75) is 44.7 Å². The second-order valence-electron chi connectivity index (χ2n) is 7.07. The highest BCUT2D eigenvalue weighted by Gasteiger charge is 2.23. The Labute approximate surface area is 156 Å². The number of nitrogens with one attached hydrogen (secondary N) is 1. The monoisotopic (exact) mass is 352 g/mol.